The summed E-state index contributed by atoms with van der Waals surface area (Å²) >= 11 is 1.47. The molecular formula is C27H29FN2O4S. The largest absolute Gasteiger partial charge is 0.493 e. The highest BCUT2D eigenvalue weighted by Gasteiger charge is 2.37. The number of para-hydroxylation sites is 1. The minimum Gasteiger partial charge on any atom is -0.493 e. The molecule has 1 unspecified atom stereocenters. The Balaban J connectivity index is 1.84. The van der Waals surface area contributed by atoms with Gasteiger partial charge in [0.2, 0.25) is 11.8 Å². The van der Waals surface area contributed by atoms with Crippen molar-refractivity contribution in [3.63, 3.8) is 0 Å². The summed E-state index contributed by atoms with van der Waals surface area (Å²) in [6, 6.07) is 13.6. The maximum Gasteiger partial charge on any atom is 0.248 e. The van der Waals surface area contributed by atoms with E-state index in [0.29, 0.717) is 22.7 Å². The SMILES string of the molecule is COc1cccc(C(C(=O)NC2CCCC2)N(C(=O)Cc2cccs2)c2ccc(F)cc2)c1OC. The van der Waals surface area contributed by atoms with Crippen LogP contribution < -0.4 is 19.7 Å². The van der Waals surface area contributed by atoms with Gasteiger partial charge in [-0.2, -0.15) is 0 Å². The molecular weight excluding hydrogens is 467 g/mol. The third-order valence-corrected chi connectivity index (χ3v) is 7.09. The molecule has 35 heavy (non-hydrogen) atoms. The van der Waals surface area contributed by atoms with E-state index in [2.05, 4.69) is 5.32 Å². The number of thiophene rings is 1. The van der Waals surface area contributed by atoms with Crippen molar-refractivity contribution in [1.82, 2.24) is 5.32 Å². The lowest BCUT2D eigenvalue weighted by molar-refractivity contribution is -0.127. The van der Waals surface area contributed by atoms with Gasteiger partial charge >= 0.3 is 0 Å². The Morgan fingerprint density at radius 2 is 1.80 bits per heavy atom. The topological polar surface area (TPSA) is 67.9 Å². The van der Waals surface area contributed by atoms with E-state index < -0.39 is 11.9 Å². The van der Waals surface area contributed by atoms with Gasteiger partial charge in [0, 0.05) is 22.2 Å². The first-order valence-electron chi connectivity index (χ1n) is 11.6. The Kier molecular flexibility index (Phi) is 8.02. The lowest BCUT2D eigenvalue weighted by Gasteiger charge is -2.33. The summed E-state index contributed by atoms with van der Waals surface area (Å²) in [7, 11) is 3.03. The number of rotatable bonds is 9. The molecule has 2 aromatic carbocycles. The highest BCUT2D eigenvalue weighted by Crippen LogP contribution is 2.39. The van der Waals surface area contributed by atoms with Gasteiger partial charge in [-0.25, -0.2) is 4.39 Å². The zero-order valence-electron chi connectivity index (χ0n) is 19.8. The number of amides is 2. The smallest absolute Gasteiger partial charge is 0.248 e. The normalized spacial score (nSPS) is 14.4. The van der Waals surface area contributed by atoms with Crippen LogP contribution in [0.3, 0.4) is 0 Å². The molecule has 4 rings (SSSR count). The van der Waals surface area contributed by atoms with Crippen molar-refractivity contribution in [2.75, 3.05) is 19.1 Å². The average molecular weight is 497 g/mol. The molecule has 0 radical (unpaired) electrons. The van der Waals surface area contributed by atoms with Crippen molar-refractivity contribution < 1.29 is 23.5 Å². The molecule has 0 bridgehead atoms. The van der Waals surface area contributed by atoms with Crippen LogP contribution in [-0.2, 0) is 16.0 Å². The fourth-order valence-electron chi connectivity index (χ4n) is 4.56. The Morgan fingerprint density at radius 3 is 2.43 bits per heavy atom. The predicted octanol–water partition coefficient (Wildman–Crippen LogP) is 5.28. The van der Waals surface area contributed by atoms with Crippen molar-refractivity contribution in [3.8, 4) is 11.5 Å². The summed E-state index contributed by atoms with van der Waals surface area (Å²) < 4.78 is 24.9. The number of anilines is 1. The van der Waals surface area contributed by atoms with Crippen LogP contribution in [-0.4, -0.2) is 32.1 Å². The van der Waals surface area contributed by atoms with Gasteiger partial charge in [0.1, 0.15) is 11.9 Å². The molecule has 0 aliphatic heterocycles. The van der Waals surface area contributed by atoms with Gasteiger partial charge in [-0.05, 0) is 54.6 Å². The maximum absolute atomic E-state index is 13.9. The summed E-state index contributed by atoms with van der Waals surface area (Å²) in [4.78, 5) is 30.0. The zero-order valence-corrected chi connectivity index (χ0v) is 20.6. The Labute approximate surface area is 208 Å². The molecule has 1 N–H and O–H groups in total. The first kappa shape index (κ1) is 24.7. The summed E-state index contributed by atoms with van der Waals surface area (Å²) in [5.74, 6) is -0.195. The molecule has 6 nitrogen and oxygen atoms in total. The van der Waals surface area contributed by atoms with Gasteiger partial charge in [-0.3, -0.25) is 14.5 Å². The van der Waals surface area contributed by atoms with E-state index in [1.165, 1.54) is 54.7 Å². The second-order valence-corrected chi connectivity index (χ2v) is 9.50. The number of hydrogen-bond acceptors (Lipinski definition) is 5. The van der Waals surface area contributed by atoms with Crippen LogP contribution in [0.25, 0.3) is 0 Å². The fourth-order valence-corrected chi connectivity index (χ4v) is 5.26. The van der Waals surface area contributed by atoms with Crippen LogP contribution in [0.15, 0.2) is 60.0 Å². The number of halogens is 1. The number of carbonyl (C=O) groups is 2. The quantitative estimate of drug-likeness (QED) is 0.438. The van der Waals surface area contributed by atoms with E-state index >= 15 is 0 Å². The summed E-state index contributed by atoms with van der Waals surface area (Å²) in [5.41, 5.74) is 0.913. The van der Waals surface area contributed by atoms with Crippen LogP contribution in [0, 0.1) is 5.82 Å². The van der Waals surface area contributed by atoms with Crippen LogP contribution in [0.4, 0.5) is 10.1 Å². The third-order valence-electron chi connectivity index (χ3n) is 6.22. The number of carbonyl (C=O) groups excluding carboxylic acids is 2. The van der Waals surface area contributed by atoms with Crippen LogP contribution in [0.5, 0.6) is 11.5 Å². The Hall–Kier alpha value is -3.39. The van der Waals surface area contributed by atoms with E-state index in [1.807, 2.05) is 17.5 Å². The van der Waals surface area contributed by atoms with Gasteiger partial charge in [0.25, 0.3) is 0 Å². The average Bonchev–Trinajstić information content (AvgIpc) is 3.57. The molecule has 8 heteroatoms. The molecule has 1 saturated carbocycles. The third kappa shape index (κ3) is 5.65. The highest BCUT2D eigenvalue weighted by atomic mass is 32.1. The second-order valence-electron chi connectivity index (χ2n) is 8.47. The van der Waals surface area contributed by atoms with Crippen molar-refractivity contribution in [3.05, 3.63) is 76.2 Å². The van der Waals surface area contributed by atoms with Crippen molar-refractivity contribution in [1.29, 1.82) is 0 Å². The lowest BCUT2D eigenvalue weighted by atomic mass is 10.00. The lowest BCUT2D eigenvalue weighted by Crippen LogP contribution is -2.47. The number of nitrogens with one attached hydrogen (secondary N) is 1. The van der Waals surface area contributed by atoms with E-state index in [4.69, 9.17) is 9.47 Å². The van der Waals surface area contributed by atoms with Crippen LogP contribution in [0.1, 0.15) is 42.2 Å². The molecule has 184 valence electrons. The minimum atomic E-state index is -1.04. The highest BCUT2D eigenvalue weighted by molar-refractivity contribution is 7.10. The molecule has 1 aliphatic rings. The van der Waals surface area contributed by atoms with E-state index in [9.17, 15) is 14.0 Å². The molecule has 1 fully saturated rings. The minimum absolute atomic E-state index is 0.0454. The molecule has 1 aliphatic carbocycles. The Bertz CT molecular complexity index is 1140. The number of ether oxygens (including phenoxy) is 2. The fraction of sp³-hybridized carbons (Fsp3) is 0.333. The number of benzene rings is 2. The standard InChI is InChI=1S/C27H29FN2O4S/c1-33-23-11-5-10-22(26(23)34-2)25(27(32)29-19-7-3-4-8-19)30(20-14-12-18(28)13-15-20)24(31)17-21-9-6-16-35-21/h5-6,9-16,19,25H,3-4,7-8,17H2,1-2H3,(H,29,32). The predicted molar refractivity (Wildman–Crippen MR) is 135 cm³/mol. The number of methoxy groups -OCH3 is 2. The van der Waals surface area contributed by atoms with Crippen LogP contribution in [0.2, 0.25) is 0 Å². The van der Waals surface area contributed by atoms with Crippen molar-refractivity contribution in [2.45, 2.75) is 44.2 Å². The molecule has 1 atom stereocenters. The first-order valence-corrected chi connectivity index (χ1v) is 12.5. The molecule has 1 heterocycles. The monoisotopic (exact) mass is 496 g/mol. The van der Waals surface area contributed by atoms with Crippen molar-refractivity contribution >= 4 is 28.8 Å². The molecule has 1 aromatic heterocycles. The van der Waals surface area contributed by atoms with Gasteiger partial charge in [-0.1, -0.05) is 31.0 Å². The molecule has 0 spiro atoms. The molecule has 0 saturated heterocycles. The molecule has 2 amide bonds. The summed E-state index contributed by atoms with van der Waals surface area (Å²) in [5, 5.41) is 5.04. The second kappa shape index (κ2) is 11.4. The zero-order chi connectivity index (χ0) is 24.8. The van der Waals surface area contributed by atoms with Gasteiger partial charge in [-0.15, -0.1) is 11.3 Å². The number of nitrogens with zero attached hydrogens (tertiary/aromatic N) is 1. The Morgan fingerprint density at radius 1 is 1.06 bits per heavy atom. The van der Waals surface area contributed by atoms with E-state index in [1.54, 1.807) is 18.2 Å². The maximum atomic E-state index is 13.9. The molecule has 3 aromatic rings. The summed E-state index contributed by atoms with van der Waals surface area (Å²) in [6.45, 7) is 0. The van der Waals surface area contributed by atoms with Gasteiger partial charge in [0.15, 0.2) is 11.5 Å². The first-order chi connectivity index (χ1) is 17.0. The van der Waals surface area contributed by atoms with Crippen LogP contribution >= 0.6 is 11.3 Å². The summed E-state index contributed by atoms with van der Waals surface area (Å²) in [6.07, 6.45) is 4.00. The van der Waals surface area contributed by atoms with E-state index in [-0.39, 0.29) is 24.3 Å². The van der Waals surface area contributed by atoms with Crippen molar-refractivity contribution in [2.24, 2.45) is 0 Å². The number of hydrogen-bond donors (Lipinski definition) is 1. The van der Waals surface area contributed by atoms with E-state index in [0.717, 1.165) is 30.6 Å². The van der Waals surface area contributed by atoms with Gasteiger partial charge in [0.05, 0.1) is 20.6 Å². The van der Waals surface area contributed by atoms with Gasteiger partial charge < -0.3 is 14.8 Å².